The van der Waals surface area contributed by atoms with Crippen molar-refractivity contribution in [3.63, 3.8) is 0 Å². The first kappa shape index (κ1) is 13.2. The van der Waals surface area contributed by atoms with Gasteiger partial charge in [0, 0.05) is 16.2 Å². The molecule has 100 valence electrons. The zero-order valence-corrected chi connectivity index (χ0v) is 12.6. The molecule has 20 heavy (non-hydrogen) atoms. The molecule has 2 aromatic rings. The summed E-state index contributed by atoms with van der Waals surface area (Å²) in [5, 5.41) is 13.0. The van der Waals surface area contributed by atoms with Gasteiger partial charge in [-0.25, -0.2) is 0 Å². The molecule has 0 unspecified atom stereocenters. The molecule has 0 bridgehead atoms. The molecule has 0 spiro atoms. The van der Waals surface area contributed by atoms with Crippen molar-refractivity contribution in [2.75, 3.05) is 5.32 Å². The Morgan fingerprint density at radius 3 is 2.30 bits per heavy atom. The van der Waals surface area contributed by atoms with Crippen LogP contribution >= 0.6 is 15.9 Å². The van der Waals surface area contributed by atoms with Gasteiger partial charge in [-0.2, -0.15) is 5.26 Å². The Hall–Kier alpha value is -1.79. The van der Waals surface area contributed by atoms with Gasteiger partial charge in [0.05, 0.1) is 11.5 Å². The highest BCUT2D eigenvalue weighted by molar-refractivity contribution is 9.10. The lowest BCUT2D eigenvalue weighted by Gasteiger charge is -2.43. The minimum Gasteiger partial charge on any atom is -0.382 e. The zero-order valence-electron chi connectivity index (χ0n) is 11.0. The standard InChI is InChI=1S/C17H15BrN2/c18-14-6-8-15(9-7-14)20-16-10-17(11-16,12-19)13-4-2-1-3-5-13/h1-9,16,20H,10-11H2. The number of nitrogens with zero attached hydrogens (tertiary/aromatic N) is 1. The maximum atomic E-state index is 9.53. The van der Waals surface area contributed by atoms with Crippen LogP contribution in [0.2, 0.25) is 0 Å². The van der Waals surface area contributed by atoms with Gasteiger partial charge in [-0.3, -0.25) is 0 Å². The average molecular weight is 327 g/mol. The van der Waals surface area contributed by atoms with Gasteiger partial charge in [-0.05, 0) is 42.7 Å². The summed E-state index contributed by atoms with van der Waals surface area (Å²) in [5.74, 6) is 0. The number of rotatable bonds is 3. The second-order valence-electron chi connectivity index (χ2n) is 5.32. The summed E-state index contributed by atoms with van der Waals surface area (Å²) < 4.78 is 1.08. The third kappa shape index (κ3) is 2.44. The van der Waals surface area contributed by atoms with E-state index in [1.54, 1.807) is 0 Å². The van der Waals surface area contributed by atoms with Crippen molar-refractivity contribution in [3.8, 4) is 6.07 Å². The number of halogens is 1. The van der Waals surface area contributed by atoms with Gasteiger partial charge in [-0.15, -0.1) is 0 Å². The van der Waals surface area contributed by atoms with Gasteiger partial charge < -0.3 is 5.32 Å². The lowest BCUT2D eigenvalue weighted by Crippen LogP contribution is -2.47. The zero-order chi connectivity index (χ0) is 14.0. The normalized spacial score (nSPS) is 24.5. The number of nitriles is 1. The molecule has 2 aromatic carbocycles. The second-order valence-corrected chi connectivity index (χ2v) is 6.23. The Kier molecular flexibility index (Phi) is 3.50. The van der Waals surface area contributed by atoms with Crippen LogP contribution in [0.15, 0.2) is 59.1 Å². The van der Waals surface area contributed by atoms with Gasteiger partial charge in [0.1, 0.15) is 0 Å². The smallest absolute Gasteiger partial charge is 0.0861 e. The van der Waals surface area contributed by atoms with Gasteiger partial charge >= 0.3 is 0 Å². The van der Waals surface area contributed by atoms with E-state index in [1.165, 1.54) is 0 Å². The van der Waals surface area contributed by atoms with E-state index in [1.807, 2.05) is 30.3 Å². The Balaban J connectivity index is 1.68. The van der Waals surface area contributed by atoms with E-state index in [0.717, 1.165) is 28.6 Å². The van der Waals surface area contributed by atoms with Crippen molar-refractivity contribution in [2.45, 2.75) is 24.3 Å². The fraction of sp³-hybridized carbons (Fsp3) is 0.235. The summed E-state index contributed by atoms with van der Waals surface area (Å²) in [7, 11) is 0. The first-order valence-electron chi connectivity index (χ1n) is 6.71. The van der Waals surface area contributed by atoms with E-state index >= 15 is 0 Å². The number of hydrogen-bond donors (Lipinski definition) is 1. The highest BCUT2D eigenvalue weighted by Gasteiger charge is 2.46. The molecular weight excluding hydrogens is 312 g/mol. The fourth-order valence-electron chi connectivity index (χ4n) is 2.81. The van der Waals surface area contributed by atoms with Crippen LogP contribution in [0.25, 0.3) is 0 Å². The monoisotopic (exact) mass is 326 g/mol. The van der Waals surface area contributed by atoms with Crippen molar-refractivity contribution < 1.29 is 0 Å². The molecule has 0 heterocycles. The molecule has 1 saturated carbocycles. The summed E-state index contributed by atoms with van der Waals surface area (Å²) in [5.41, 5.74) is 1.93. The Morgan fingerprint density at radius 2 is 1.70 bits per heavy atom. The maximum absolute atomic E-state index is 9.53. The van der Waals surface area contributed by atoms with Crippen LogP contribution in [-0.2, 0) is 5.41 Å². The van der Waals surface area contributed by atoms with E-state index in [0.29, 0.717) is 6.04 Å². The Labute approximate surface area is 127 Å². The molecule has 1 N–H and O–H groups in total. The van der Waals surface area contributed by atoms with Crippen LogP contribution in [0.1, 0.15) is 18.4 Å². The predicted octanol–water partition coefficient (Wildman–Crippen LogP) is 4.48. The quantitative estimate of drug-likeness (QED) is 0.902. The highest BCUT2D eigenvalue weighted by atomic mass is 79.9. The van der Waals surface area contributed by atoms with Crippen LogP contribution < -0.4 is 5.32 Å². The van der Waals surface area contributed by atoms with Crippen LogP contribution in [0, 0.1) is 11.3 Å². The van der Waals surface area contributed by atoms with Gasteiger partial charge in [-0.1, -0.05) is 46.3 Å². The first-order chi connectivity index (χ1) is 9.72. The van der Waals surface area contributed by atoms with Gasteiger partial charge in [0.2, 0.25) is 0 Å². The largest absolute Gasteiger partial charge is 0.382 e. The minimum absolute atomic E-state index is 0.311. The maximum Gasteiger partial charge on any atom is 0.0861 e. The van der Waals surface area contributed by atoms with Crippen molar-refractivity contribution in [1.82, 2.24) is 0 Å². The van der Waals surface area contributed by atoms with Crippen LogP contribution in [0.5, 0.6) is 0 Å². The van der Waals surface area contributed by atoms with Crippen molar-refractivity contribution in [1.29, 1.82) is 5.26 Å². The van der Waals surface area contributed by atoms with Gasteiger partial charge in [0.25, 0.3) is 0 Å². The average Bonchev–Trinajstić information content (AvgIpc) is 2.45. The summed E-state index contributed by atoms with van der Waals surface area (Å²) in [6.45, 7) is 0. The molecule has 0 aliphatic heterocycles. The molecule has 1 aliphatic rings. The molecule has 0 amide bonds. The third-order valence-electron chi connectivity index (χ3n) is 3.95. The molecule has 0 atom stereocenters. The van der Waals surface area contributed by atoms with E-state index in [4.69, 9.17) is 0 Å². The number of nitrogens with one attached hydrogen (secondary N) is 1. The summed E-state index contributed by atoms with van der Waals surface area (Å²) in [6, 6.07) is 21.1. The van der Waals surface area contributed by atoms with Gasteiger partial charge in [0.15, 0.2) is 0 Å². The SMILES string of the molecule is N#CC1(c2ccccc2)CC(Nc2ccc(Br)cc2)C1. The molecule has 3 rings (SSSR count). The summed E-state index contributed by atoms with van der Waals surface area (Å²) in [4.78, 5) is 0. The van der Waals surface area contributed by atoms with E-state index in [9.17, 15) is 5.26 Å². The molecule has 0 aromatic heterocycles. The molecule has 0 radical (unpaired) electrons. The molecule has 0 saturated heterocycles. The van der Waals surface area contributed by atoms with Crippen LogP contribution in [0.3, 0.4) is 0 Å². The molecular formula is C17H15BrN2. The van der Waals surface area contributed by atoms with E-state index < -0.39 is 0 Å². The Bertz CT molecular complexity index is 622. The molecule has 3 heteroatoms. The number of benzene rings is 2. The summed E-state index contributed by atoms with van der Waals surface area (Å²) in [6.07, 6.45) is 1.73. The predicted molar refractivity (Wildman–Crippen MR) is 84.5 cm³/mol. The van der Waals surface area contributed by atoms with E-state index in [-0.39, 0.29) is 5.41 Å². The molecule has 2 nitrogen and oxygen atoms in total. The molecule has 1 fully saturated rings. The second kappa shape index (κ2) is 5.30. The number of hydrogen-bond acceptors (Lipinski definition) is 2. The van der Waals surface area contributed by atoms with Crippen LogP contribution in [0.4, 0.5) is 5.69 Å². The van der Waals surface area contributed by atoms with Crippen molar-refractivity contribution in [3.05, 3.63) is 64.6 Å². The third-order valence-corrected chi connectivity index (χ3v) is 4.47. The van der Waals surface area contributed by atoms with Crippen molar-refractivity contribution >= 4 is 21.6 Å². The van der Waals surface area contributed by atoms with Crippen LogP contribution in [-0.4, -0.2) is 6.04 Å². The Morgan fingerprint density at radius 1 is 1.05 bits per heavy atom. The first-order valence-corrected chi connectivity index (χ1v) is 7.50. The highest BCUT2D eigenvalue weighted by Crippen LogP contribution is 2.44. The topological polar surface area (TPSA) is 35.8 Å². The lowest BCUT2D eigenvalue weighted by molar-refractivity contribution is 0.289. The minimum atomic E-state index is -0.311. The van der Waals surface area contributed by atoms with Crippen molar-refractivity contribution in [2.24, 2.45) is 0 Å². The number of anilines is 1. The van der Waals surface area contributed by atoms with E-state index in [2.05, 4.69) is 51.6 Å². The lowest BCUT2D eigenvalue weighted by atomic mass is 9.62. The summed E-state index contributed by atoms with van der Waals surface area (Å²) >= 11 is 3.43. The fourth-order valence-corrected chi connectivity index (χ4v) is 3.08. The molecule has 1 aliphatic carbocycles.